The number of anilines is 1. The molecule has 5 heterocycles. The van der Waals surface area contributed by atoms with E-state index in [2.05, 4.69) is 25.3 Å². The van der Waals surface area contributed by atoms with Gasteiger partial charge in [0.15, 0.2) is 5.96 Å². The van der Waals surface area contributed by atoms with Crippen molar-refractivity contribution in [2.45, 2.75) is 26.3 Å². The molecule has 0 atom stereocenters. The highest BCUT2D eigenvalue weighted by molar-refractivity contribution is 7.06. The van der Waals surface area contributed by atoms with Crippen molar-refractivity contribution >= 4 is 58.2 Å². The van der Waals surface area contributed by atoms with E-state index < -0.39 is 5.91 Å². The van der Waals surface area contributed by atoms with Crippen molar-refractivity contribution in [3.05, 3.63) is 74.8 Å². The number of ether oxygens (including phenoxy) is 1. The van der Waals surface area contributed by atoms with Crippen LogP contribution in [0, 0.1) is 6.92 Å². The number of aromatic nitrogens is 1. The van der Waals surface area contributed by atoms with Crippen LogP contribution < -0.4 is 26.4 Å². The number of guanidine groups is 1. The largest absolute Gasteiger partial charge is 0.465 e. The summed E-state index contributed by atoms with van der Waals surface area (Å²) in [6.45, 7) is 2.78. The second-order valence-electron chi connectivity index (χ2n) is 8.43. The molecular weight excluding hydrogens is 547 g/mol. The molecule has 3 aromatic rings. The molecule has 9 nitrogen and oxygen atoms in total. The first-order chi connectivity index (χ1) is 18.3. The van der Waals surface area contributed by atoms with Crippen LogP contribution in [0.1, 0.15) is 33.6 Å². The normalized spacial score (nSPS) is 16.9. The first kappa shape index (κ1) is 27.6. The Morgan fingerprint density at radius 2 is 1.82 bits per heavy atom. The van der Waals surface area contributed by atoms with Gasteiger partial charge >= 0.3 is 0 Å². The Morgan fingerprint density at radius 1 is 1.08 bits per heavy atom. The van der Waals surface area contributed by atoms with E-state index in [-0.39, 0.29) is 35.0 Å². The number of halogens is 2. The highest BCUT2D eigenvalue weighted by Crippen LogP contribution is 2.32. The second kappa shape index (κ2) is 12.9. The smallest absolute Gasteiger partial charge is 0.283 e. The molecular formula is C26H26Cl2N6O3S. The number of carbonyl (C=O) groups is 2. The van der Waals surface area contributed by atoms with E-state index in [1.165, 1.54) is 11.5 Å². The monoisotopic (exact) mass is 572 g/mol. The Bertz CT molecular complexity index is 1370. The summed E-state index contributed by atoms with van der Waals surface area (Å²) in [7, 11) is 0. The van der Waals surface area contributed by atoms with Gasteiger partial charge in [-0.2, -0.15) is 9.37 Å². The predicted octanol–water partition coefficient (Wildman–Crippen LogP) is 4.88. The van der Waals surface area contributed by atoms with Crippen LogP contribution in [0.4, 0.5) is 5.69 Å². The van der Waals surface area contributed by atoms with E-state index in [4.69, 9.17) is 33.7 Å². The Labute approximate surface area is 234 Å². The molecule has 2 amide bonds. The number of aryl methyl sites for hydroxylation is 1. The molecule has 2 aromatic carbocycles. The molecule has 0 fully saturated rings. The van der Waals surface area contributed by atoms with Crippen molar-refractivity contribution in [1.82, 2.24) is 15.0 Å². The average Bonchev–Trinajstić information content (AvgIpc) is 3.27. The third-order valence-corrected chi connectivity index (χ3v) is 6.92. The van der Waals surface area contributed by atoms with Gasteiger partial charge in [-0.25, -0.2) is 0 Å². The molecule has 4 bridgehead atoms. The van der Waals surface area contributed by atoms with Gasteiger partial charge in [0.1, 0.15) is 5.75 Å². The summed E-state index contributed by atoms with van der Waals surface area (Å²) < 4.78 is 10.1. The molecule has 4 aliphatic rings. The van der Waals surface area contributed by atoms with Gasteiger partial charge in [0, 0.05) is 17.0 Å². The van der Waals surface area contributed by atoms with Crippen LogP contribution in [0.25, 0.3) is 11.3 Å². The van der Waals surface area contributed by atoms with Crippen LogP contribution in [0.5, 0.6) is 5.75 Å². The SMILES string of the molecule is Cc1snc2c1C(=O)/N=C(\N)NCc1cc(Cl)c(c(Cl)c1)NC(=O)CNCCCC=COc1ccc-2cc1. The lowest BCUT2D eigenvalue weighted by Crippen LogP contribution is -2.32. The van der Waals surface area contributed by atoms with Gasteiger partial charge in [-0.1, -0.05) is 23.2 Å². The number of hydrogen-bond acceptors (Lipinski definition) is 8. The molecule has 0 spiro atoms. The molecule has 0 saturated heterocycles. The van der Waals surface area contributed by atoms with Gasteiger partial charge in [-0.05, 0) is 85.9 Å². The molecule has 38 heavy (non-hydrogen) atoms. The summed E-state index contributed by atoms with van der Waals surface area (Å²) in [5.74, 6) is -0.183. The third-order valence-electron chi connectivity index (χ3n) is 5.58. The summed E-state index contributed by atoms with van der Waals surface area (Å²) in [6, 6.07) is 10.6. The fourth-order valence-corrected chi connectivity index (χ4v) is 5.01. The van der Waals surface area contributed by atoms with Crippen LogP contribution in [-0.4, -0.2) is 35.2 Å². The van der Waals surface area contributed by atoms with E-state index in [1.807, 2.05) is 37.3 Å². The summed E-state index contributed by atoms with van der Waals surface area (Å²) in [5.41, 5.74) is 8.71. The first-order valence-electron chi connectivity index (χ1n) is 11.8. The van der Waals surface area contributed by atoms with Crippen molar-refractivity contribution < 1.29 is 14.3 Å². The van der Waals surface area contributed by atoms with E-state index in [0.717, 1.165) is 23.3 Å². The van der Waals surface area contributed by atoms with E-state index >= 15 is 0 Å². The molecule has 0 radical (unpaired) electrons. The summed E-state index contributed by atoms with van der Waals surface area (Å²) >= 11 is 14.0. The van der Waals surface area contributed by atoms with Crippen molar-refractivity contribution in [2.24, 2.45) is 10.7 Å². The zero-order chi connectivity index (χ0) is 27.1. The standard InChI is InChI=1S/C26H26Cl2N6O3S/c1-15-22-23(34-38-15)17-5-7-18(8-6-17)37-10-4-2-3-9-30-14-21(35)32-24-19(27)11-16(12-20(24)28)13-31-26(29)33-25(22)36/h4-8,10-12,30H,2-3,9,13-14H2,1H3,(H,32,35)(H3,29,31,33,36). The number of nitrogens with two attached hydrogens (primary N) is 1. The van der Waals surface area contributed by atoms with E-state index in [9.17, 15) is 9.59 Å². The number of amides is 2. The lowest BCUT2D eigenvalue weighted by molar-refractivity contribution is -0.115. The minimum Gasteiger partial charge on any atom is -0.465 e. The van der Waals surface area contributed by atoms with Crippen molar-refractivity contribution in [3.8, 4) is 17.0 Å². The van der Waals surface area contributed by atoms with Crippen LogP contribution in [-0.2, 0) is 11.3 Å². The maximum Gasteiger partial charge on any atom is 0.283 e. The molecule has 198 valence electrons. The molecule has 7 rings (SSSR count). The van der Waals surface area contributed by atoms with Gasteiger partial charge in [0.05, 0.1) is 39.8 Å². The fourth-order valence-electron chi connectivity index (χ4n) is 3.68. The minimum absolute atomic E-state index is 0.0664. The number of benzene rings is 2. The molecule has 1 aromatic heterocycles. The fraction of sp³-hybridized carbons (Fsp3) is 0.231. The van der Waals surface area contributed by atoms with Crippen LogP contribution in [0.15, 0.2) is 53.7 Å². The minimum atomic E-state index is -0.507. The van der Waals surface area contributed by atoms with E-state index in [0.29, 0.717) is 34.8 Å². The Balaban J connectivity index is 1.60. The maximum absolute atomic E-state index is 13.0. The highest BCUT2D eigenvalue weighted by Gasteiger charge is 2.20. The van der Waals surface area contributed by atoms with Crippen LogP contribution in [0.2, 0.25) is 10.0 Å². The number of allylic oxidation sites excluding steroid dienone is 1. The topological polar surface area (TPSA) is 131 Å². The maximum atomic E-state index is 13.0. The zero-order valence-electron chi connectivity index (χ0n) is 20.5. The van der Waals surface area contributed by atoms with Gasteiger partial charge in [0.2, 0.25) is 5.91 Å². The van der Waals surface area contributed by atoms with Crippen molar-refractivity contribution in [1.29, 1.82) is 0 Å². The lowest BCUT2D eigenvalue weighted by atomic mass is 10.1. The van der Waals surface area contributed by atoms with Crippen LogP contribution >= 0.6 is 34.7 Å². The number of hydrogen-bond donors (Lipinski definition) is 4. The summed E-state index contributed by atoms with van der Waals surface area (Å²) in [5, 5.41) is 9.28. The number of nitrogens with one attached hydrogen (secondary N) is 3. The molecule has 0 unspecified atom stereocenters. The van der Waals surface area contributed by atoms with Gasteiger partial charge in [0.25, 0.3) is 5.91 Å². The average molecular weight is 574 g/mol. The number of carbonyl (C=O) groups excluding carboxylic acids is 2. The van der Waals surface area contributed by atoms with Crippen molar-refractivity contribution in [2.75, 3.05) is 18.4 Å². The number of rotatable bonds is 0. The molecule has 12 heteroatoms. The lowest BCUT2D eigenvalue weighted by Gasteiger charge is -2.13. The second-order valence-corrected chi connectivity index (χ2v) is 10.2. The number of aliphatic imine (C=N–C) groups is 1. The Hall–Kier alpha value is -3.44. The van der Waals surface area contributed by atoms with Gasteiger partial charge < -0.3 is 26.4 Å². The van der Waals surface area contributed by atoms with Crippen LogP contribution in [0.3, 0.4) is 0 Å². The Morgan fingerprint density at radius 3 is 2.55 bits per heavy atom. The molecule has 5 N–H and O–H groups in total. The zero-order valence-corrected chi connectivity index (χ0v) is 22.8. The summed E-state index contributed by atoms with van der Waals surface area (Å²) in [6.07, 6.45) is 5.13. The summed E-state index contributed by atoms with van der Waals surface area (Å²) in [4.78, 5) is 30.1. The first-order valence-corrected chi connectivity index (χ1v) is 13.3. The van der Waals surface area contributed by atoms with E-state index in [1.54, 1.807) is 18.4 Å². The molecule has 4 aliphatic heterocycles. The number of nitrogens with zero attached hydrogens (tertiary/aromatic N) is 2. The highest BCUT2D eigenvalue weighted by atomic mass is 35.5. The third kappa shape index (κ3) is 7.11. The van der Waals surface area contributed by atoms with Gasteiger partial charge in [-0.3, -0.25) is 9.59 Å². The molecule has 0 saturated carbocycles. The van der Waals surface area contributed by atoms with Crippen molar-refractivity contribution in [3.63, 3.8) is 0 Å². The van der Waals surface area contributed by atoms with Gasteiger partial charge in [-0.15, -0.1) is 0 Å². The quantitative estimate of drug-likeness (QED) is 0.302. The Kier molecular flexibility index (Phi) is 9.35. The molecule has 0 aliphatic carbocycles. The predicted molar refractivity (Wildman–Crippen MR) is 152 cm³/mol.